The van der Waals surface area contributed by atoms with Crippen LogP contribution in [-0.2, 0) is 20.0 Å². The van der Waals surface area contributed by atoms with E-state index in [2.05, 4.69) is 5.32 Å². The van der Waals surface area contributed by atoms with Crippen LogP contribution in [-0.4, -0.2) is 43.4 Å². The van der Waals surface area contributed by atoms with Crippen molar-refractivity contribution in [2.75, 3.05) is 33.2 Å². The van der Waals surface area contributed by atoms with Crippen molar-refractivity contribution in [3.05, 3.63) is 72.1 Å². The molecule has 0 saturated carbocycles. The van der Waals surface area contributed by atoms with Gasteiger partial charge in [0.05, 0.1) is 27.9 Å². The van der Waals surface area contributed by atoms with E-state index in [1.54, 1.807) is 32.3 Å². The molecule has 164 valence electrons. The molecule has 2 aromatic carbocycles. The van der Waals surface area contributed by atoms with Crippen LogP contribution in [0.4, 0.5) is 10.5 Å². The molecule has 0 spiro atoms. The molecule has 31 heavy (non-hydrogen) atoms. The summed E-state index contributed by atoms with van der Waals surface area (Å²) in [4.78, 5) is 14.9. The summed E-state index contributed by atoms with van der Waals surface area (Å²) in [5, 5.41) is 2.98. The number of benzene rings is 2. The number of ether oxygens (including phenoxy) is 3. The third-order valence-electron chi connectivity index (χ3n) is 5.13. The van der Waals surface area contributed by atoms with Gasteiger partial charge in [-0.25, -0.2) is 4.79 Å². The topological polar surface area (TPSA) is 65.0 Å². The van der Waals surface area contributed by atoms with Crippen LogP contribution in [0, 0.1) is 0 Å². The zero-order chi connectivity index (χ0) is 22.2. The number of aryl methyl sites for hydroxylation is 1. The van der Waals surface area contributed by atoms with Crippen LogP contribution in [0.1, 0.15) is 11.3 Å². The largest absolute Gasteiger partial charge is 0.497 e. The lowest BCUT2D eigenvalue weighted by Crippen LogP contribution is -2.36. The van der Waals surface area contributed by atoms with Gasteiger partial charge in [0.2, 0.25) is 0 Å². The van der Waals surface area contributed by atoms with Gasteiger partial charge in [-0.3, -0.25) is 0 Å². The van der Waals surface area contributed by atoms with Crippen molar-refractivity contribution in [3.8, 4) is 17.2 Å². The molecule has 0 unspecified atom stereocenters. The predicted molar refractivity (Wildman–Crippen MR) is 121 cm³/mol. The normalized spacial score (nSPS) is 10.5. The Kier molecular flexibility index (Phi) is 7.43. The van der Waals surface area contributed by atoms with Crippen LogP contribution in [0.5, 0.6) is 17.2 Å². The highest BCUT2D eigenvalue weighted by atomic mass is 16.5. The number of methoxy groups -OCH3 is 3. The van der Waals surface area contributed by atoms with Crippen molar-refractivity contribution in [2.24, 2.45) is 7.05 Å². The number of aromatic nitrogens is 1. The first-order valence-electron chi connectivity index (χ1n) is 10.0. The summed E-state index contributed by atoms with van der Waals surface area (Å²) >= 11 is 0. The van der Waals surface area contributed by atoms with E-state index in [9.17, 15) is 4.79 Å². The zero-order valence-electron chi connectivity index (χ0n) is 18.4. The fourth-order valence-corrected chi connectivity index (χ4v) is 3.31. The maximum atomic E-state index is 13.1. The fraction of sp³-hybridized carbons (Fsp3) is 0.292. The maximum absolute atomic E-state index is 13.1. The highest BCUT2D eigenvalue weighted by Crippen LogP contribution is 2.28. The molecule has 2 amide bonds. The van der Waals surface area contributed by atoms with Crippen LogP contribution in [0.3, 0.4) is 0 Å². The van der Waals surface area contributed by atoms with Crippen LogP contribution < -0.4 is 19.5 Å². The zero-order valence-corrected chi connectivity index (χ0v) is 18.4. The minimum Gasteiger partial charge on any atom is -0.497 e. The van der Waals surface area contributed by atoms with Gasteiger partial charge in [-0.15, -0.1) is 0 Å². The second kappa shape index (κ2) is 10.4. The minimum atomic E-state index is -0.171. The summed E-state index contributed by atoms with van der Waals surface area (Å²) in [7, 11) is 6.81. The fourth-order valence-electron chi connectivity index (χ4n) is 3.31. The number of hydrogen-bond donors (Lipinski definition) is 1. The van der Waals surface area contributed by atoms with Crippen molar-refractivity contribution in [1.29, 1.82) is 0 Å². The summed E-state index contributed by atoms with van der Waals surface area (Å²) < 4.78 is 18.0. The van der Waals surface area contributed by atoms with E-state index in [-0.39, 0.29) is 6.03 Å². The van der Waals surface area contributed by atoms with Gasteiger partial charge in [-0.1, -0.05) is 12.1 Å². The van der Waals surface area contributed by atoms with E-state index in [0.717, 1.165) is 11.3 Å². The van der Waals surface area contributed by atoms with Gasteiger partial charge >= 0.3 is 6.03 Å². The third-order valence-corrected chi connectivity index (χ3v) is 5.13. The molecule has 0 aliphatic rings. The Hall–Kier alpha value is -3.61. The number of carbonyl (C=O) groups excluding carboxylic acids is 1. The van der Waals surface area contributed by atoms with Gasteiger partial charge in [-0.05, 0) is 48.4 Å². The van der Waals surface area contributed by atoms with Crippen molar-refractivity contribution in [3.63, 3.8) is 0 Å². The molecular formula is C24H29N3O4. The van der Waals surface area contributed by atoms with Crippen LogP contribution >= 0.6 is 0 Å². The summed E-state index contributed by atoms with van der Waals surface area (Å²) in [6.07, 6.45) is 2.65. The van der Waals surface area contributed by atoms with Crippen LogP contribution in [0.2, 0.25) is 0 Å². The molecule has 3 aromatic rings. The summed E-state index contributed by atoms with van der Waals surface area (Å²) in [6, 6.07) is 17.0. The number of nitrogens with zero attached hydrogens (tertiary/aromatic N) is 2. The Morgan fingerprint density at radius 2 is 1.77 bits per heavy atom. The molecule has 0 aliphatic heterocycles. The monoisotopic (exact) mass is 423 g/mol. The molecule has 0 fully saturated rings. The first-order valence-corrected chi connectivity index (χ1v) is 10.0. The molecule has 0 bridgehead atoms. The Labute approximate surface area is 183 Å². The van der Waals surface area contributed by atoms with Gasteiger partial charge in [0, 0.05) is 37.2 Å². The Morgan fingerprint density at radius 3 is 2.45 bits per heavy atom. The molecule has 0 radical (unpaired) electrons. The lowest BCUT2D eigenvalue weighted by molar-refractivity contribution is 0.208. The molecule has 0 aliphatic carbocycles. The van der Waals surface area contributed by atoms with E-state index < -0.39 is 0 Å². The molecule has 1 N–H and O–H groups in total. The lowest BCUT2D eigenvalue weighted by atomic mass is 10.1. The average molecular weight is 424 g/mol. The second-order valence-corrected chi connectivity index (χ2v) is 7.13. The first kappa shape index (κ1) is 22.1. The highest BCUT2D eigenvalue weighted by molar-refractivity contribution is 5.89. The lowest BCUT2D eigenvalue weighted by Gasteiger charge is -2.24. The van der Waals surface area contributed by atoms with Gasteiger partial charge in [-0.2, -0.15) is 0 Å². The summed E-state index contributed by atoms with van der Waals surface area (Å²) in [6.45, 7) is 1.03. The number of anilines is 1. The van der Waals surface area contributed by atoms with Crippen LogP contribution in [0.15, 0.2) is 60.8 Å². The summed E-state index contributed by atoms with van der Waals surface area (Å²) in [5.74, 6) is 2.05. The Morgan fingerprint density at radius 1 is 0.968 bits per heavy atom. The van der Waals surface area contributed by atoms with Gasteiger partial charge in [0.15, 0.2) is 11.5 Å². The van der Waals surface area contributed by atoms with Gasteiger partial charge in [0.1, 0.15) is 5.75 Å². The molecule has 1 heterocycles. The molecular weight excluding hydrogens is 394 g/mol. The number of urea groups is 1. The Balaban J connectivity index is 1.75. The molecule has 0 atom stereocenters. The minimum absolute atomic E-state index is 0.171. The first-order chi connectivity index (χ1) is 15.0. The second-order valence-electron chi connectivity index (χ2n) is 7.13. The maximum Gasteiger partial charge on any atom is 0.322 e. The number of amides is 2. The number of rotatable bonds is 9. The number of hydrogen-bond acceptors (Lipinski definition) is 4. The molecule has 1 aromatic heterocycles. The summed E-state index contributed by atoms with van der Waals surface area (Å²) in [5.41, 5.74) is 2.80. The molecule has 7 nitrogen and oxygen atoms in total. The van der Waals surface area contributed by atoms with E-state index in [1.807, 2.05) is 66.3 Å². The number of nitrogens with one attached hydrogen (secondary N) is 1. The SMILES string of the molecule is COc1cccc(NC(=O)N(CCc2ccc(OC)c(OC)c2)Cc2cccn2C)c1. The number of carbonyl (C=O) groups is 1. The van der Waals surface area contributed by atoms with Crippen molar-refractivity contribution in [2.45, 2.75) is 13.0 Å². The third kappa shape index (κ3) is 5.72. The smallest absolute Gasteiger partial charge is 0.322 e. The predicted octanol–water partition coefficient (Wildman–Crippen LogP) is 4.33. The molecule has 3 rings (SSSR count). The van der Waals surface area contributed by atoms with E-state index in [4.69, 9.17) is 14.2 Å². The van der Waals surface area contributed by atoms with E-state index >= 15 is 0 Å². The van der Waals surface area contributed by atoms with Gasteiger partial charge < -0.3 is 29.0 Å². The van der Waals surface area contributed by atoms with E-state index in [0.29, 0.717) is 42.4 Å². The quantitative estimate of drug-likeness (QED) is 0.556. The van der Waals surface area contributed by atoms with Crippen molar-refractivity contribution >= 4 is 11.7 Å². The Bertz CT molecular complexity index is 1020. The van der Waals surface area contributed by atoms with Crippen molar-refractivity contribution in [1.82, 2.24) is 9.47 Å². The molecule has 0 saturated heterocycles. The van der Waals surface area contributed by atoms with Crippen molar-refractivity contribution < 1.29 is 19.0 Å². The standard InChI is InChI=1S/C24H29N3O4/c1-26-13-6-8-20(26)17-27(24(28)25-19-7-5-9-21(16-19)29-2)14-12-18-10-11-22(30-3)23(15-18)31-4/h5-11,13,15-16H,12,14,17H2,1-4H3,(H,25,28). The van der Waals surface area contributed by atoms with E-state index in [1.165, 1.54) is 0 Å². The van der Waals surface area contributed by atoms with Crippen LogP contribution in [0.25, 0.3) is 0 Å². The van der Waals surface area contributed by atoms with Gasteiger partial charge in [0.25, 0.3) is 0 Å². The molecule has 7 heteroatoms. The average Bonchev–Trinajstić information content (AvgIpc) is 3.20. The highest BCUT2D eigenvalue weighted by Gasteiger charge is 2.16.